The Labute approximate surface area is 94.8 Å². The first kappa shape index (κ1) is 11.4. The fourth-order valence-corrected chi connectivity index (χ4v) is 2.30. The number of ketones is 1. The molecule has 0 unspecified atom stereocenters. The van der Waals surface area contributed by atoms with Crippen molar-refractivity contribution in [2.75, 3.05) is 31.2 Å². The SMILES string of the molecule is O=C(c1cnc(N2CCOCC2)s1)C(F)F. The Morgan fingerprint density at radius 1 is 1.50 bits per heavy atom. The number of alkyl halides is 2. The summed E-state index contributed by atoms with van der Waals surface area (Å²) in [5.74, 6) is -1.16. The third kappa shape index (κ3) is 2.35. The minimum atomic E-state index is -2.96. The van der Waals surface area contributed by atoms with Crippen molar-refractivity contribution in [3.63, 3.8) is 0 Å². The van der Waals surface area contributed by atoms with Crippen LogP contribution in [0, 0.1) is 0 Å². The Bertz CT molecular complexity index is 377. The van der Waals surface area contributed by atoms with Gasteiger partial charge in [0.15, 0.2) is 5.13 Å². The molecule has 0 spiro atoms. The number of aromatic nitrogens is 1. The first-order valence-electron chi connectivity index (χ1n) is 4.79. The molecule has 4 nitrogen and oxygen atoms in total. The van der Waals surface area contributed by atoms with Gasteiger partial charge in [-0.2, -0.15) is 0 Å². The number of ether oxygens (including phenoxy) is 1. The molecule has 0 atom stereocenters. The van der Waals surface area contributed by atoms with Crippen molar-refractivity contribution < 1.29 is 18.3 Å². The monoisotopic (exact) mass is 248 g/mol. The Kier molecular flexibility index (Phi) is 3.45. The summed E-state index contributed by atoms with van der Waals surface area (Å²) in [6.45, 7) is 2.54. The van der Waals surface area contributed by atoms with E-state index < -0.39 is 12.2 Å². The number of thiazole rings is 1. The normalized spacial score (nSPS) is 16.8. The highest BCUT2D eigenvalue weighted by Crippen LogP contribution is 2.24. The maximum absolute atomic E-state index is 12.2. The molecule has 0 bridgehead atoms. The molecule has 0 amide bonds. The van der Waals surface area contributed by atoms with E-state index in [1.54, 1.807) is 0 Å². The van der Waals surface area contributed by atoms with Crippen LogP contribution in [0.4, 0.5) is 13.9 Å². The highest BCUT2D eigenvalue weighted by molar-refractivity contribution is 7.17. The Balaban J connectivity index is 2.09. The predicted molar refractivity (Wildman–Crippen MR) is 55.5 cm³/mol. The lowest BCUT2D eigenvalue weighted by atomic mass is 10.4. The van der Waals surface area contributed by atoms with Gasteiger partial charge in [0.05, 0.1) is 24.3 Å². The molecule has 7 heteroatoms. The molecule has 1 aliphatic heterocycles. The van der Waals surface area contributed by atoms with Crippen molar-refractivity contribution in [2.45, 2.75) is 6.43 Å². The molecule has 0 aliphatic carbocycles. The van der Waals surface area contributed by atoms with Gasteiger partial charge >= 0.3 is 6.43 Å². The van der Waals surface area contributed by atoms with Crippen LogP contribution in [0.5, 0.6) is 0 Å². The van der Waals surface area contributed by atoms with Gasteiger partial charge in [0, 0.05) is 13.1 Å². The fourth-order valence-electron chi connectivity index (χ4n) is 1.39. The smallest absolute Gasteiger partial charge is 0.301 e. The van der Waals surface area contributed by atoms with Crippen LogP contribution < -0.4 is 4.90 Å². The van der Waals surface area contributed by atoms with Crippen LogP contribution in [0.3, 0.4) is 0 Å². The number of Topliss-reactive ketones (excluding diaryl/α,β-unsaturated/α-hetero) is 1. The van der Waals surface area contributed by atoms with Gasteiger partial charge in [-0.1, -0.05) is 11.3 Å². The van der Waals surface area contributed by atoms with Crippen molar-refractivity contribution in [3.8, 4) is 0 Å². The fraction of sp³-hybridized carbons (Fsp3) is 0.556. The lowest BCUT2D eigenvalue weighted by Crippen LogP contribution is -2.36. The quantitative estimate of drug-likeness (QED) is 0.759. The van der Waals surface area contributed by atoms with Crippen LogP contribution in [-0.2, 0) is 4.74 Å². The number of hydrogen-bond acceptors (Lipinski definition) is 5. The first-order valence-corrected chi connectivity index (χ1v) is 5.61. The molecular weight excluding hydrogens is 238 g/mol. The van der Waals surface area contributed by atoms with E-state index in [0.717, 1.165) is 11.3 Å². The van der Waals surface area contributed by atoms with Crippen LogP contribution in [0.15, 0.2) is 6.20 Å². The van der Waals surface area contributed by atoms with Gasteiger partial charge in [0.2, 0.25) is 5.78 Å². The van der Waals surface area contributed by atoms with E-state index in [-0.39, 0.29) is 4.88 Å². The van der Waals surface area contributed by atoms with Crippen molar-refractivity contribution in [1.29, 1.82) is 0 Å². The number of rotatable bonds is 3. The Morgan fingerprint density at radius 2 is 2.19 bits per heavy atom. The molecule has 1 aromatic rings. The maximum atomic E-state index is 12.2. The minimum absolute atomic E-state index is 0.0106. The van der Waals surface area contributed by atoms with Crippen LogP contribution in [-0.4, -0.2) is 43.5 Å². The second-order valence-electron chi connectivity index (χ2n) is 3.27. The van der Waals surface area contributed by atoms with Crippen molar-refractivity contribution in [3.05, 3.63) is 11.1 Å². The standard InChI is InChI=1S/C9H10F2N2O2S/c10-8(11)7(14)6-5-12-9(16-6)13-1-3-15-4-2-13/h5,8H,1-4H2. The molecule has 0 aromatic carbocycles. The van der Waals surface area contributed by atoms with Gasteiger partial charge in [-0.15, -0.1) is 0 Å². The van der Waals surface area contributed by atoms with E-state index >= 15 is 0 Å². The predicted octanol–water partition coefficient (Wildman–Crippen LogP) is 1.43. The third-order valence-electron chi connectivity index (χ3n) is 2.22. The van der Waals surface area contributed by atoms with Crippen molar-refractivity contribution in [1.82, 2.24) is 4.98 Å². The van der Waals surface area contributed by atoms with Gasteiger partial charge in [0.1, 0.15) is 0 Å². The van der Waals surface area contributed by atoms with Crippen molar-refractivity contribution >= 4 is 22.3 Å². The number of halogens is 2. The van der Waals surface area contributed by atoms with E-state index in [9.17, 15) is 13.6 Å². The molecule has 1 fully saturated rings. The number of nitrogens with zero attached hydrogens (tertiary/aromatic N) is 2. The highest BCUT2D eigenvalue weighted by Gasteiger charge is 2.22. The zero-order chi connectivity index (χ0) is 11.5. The van der Waals surface area contributed by atoms with E-state index in [1.165, 1.54) is 6.20 Å². The van der Waals surface area contributed by atoms with E-state index in [1.807, 2.05) is 4.90 Å². The van der Waals surface area contributed by atoms with E-state index in [2.05, 4.69) is 4.98 Å². The van der Waals surface area contributed by atoms with Crippen molar-refractivity contribution in [2.24, 2.45) is 0 Å². The first-order chi connectivity index (χ1) is 7.68. The van der Waals surface area contributed by atoms with Gasteiger partial charge in [-0.05, 0) is 0 Å². The van der Waals surface area contributed by atoms with E-state index in [4.69, 9.17) is 4.74 Å². The second-order valence-corrected chi connectivity index (χ2v) is 4.28. The third-order valence-corrected chi connectivity index (χ3v) is 3.29. The zero-order valence-electron chi connectivity index (χ0n) is 8.36. The van der Waals surface area contributed by atoms with Gasteiger partial charge in [0.25, 0.3) is 0 Å². The molecule has 1 saturated heterocycles. The molecule has 1 aromatic heterocycles. The molecule has 1 aliphatic rings. The summed E-state index contributed by atoms with van der Waals surface area (Å²) in [4.78, 5) is 16.9. The van der Waals surface area contributed by atoms with E-state index in [0.29, 0.717) is 31.4 Å². The minimum Gasteiger partial charge on any atom is -0.378 e. The molecule has 2 heterocycles. The second kappa shape index (κ2) is 4.84. The molecule has 0 radical (unpaired) electrons. The summed E-state index contributed by atoms with van der Waals surface area (Å²) >= 11 is 1.01. The van der Waals surface area contributed by atoms with Crippen LogP contribution in [0.25, 0.3) is 0 Å². The largest absolute Gasteiger partial charge is 0.378 e. The number of hydrogen-bond donors (Lipinski definition) is 0. The molecule has 0 saturated carbocycles. The van der Waals surface area contributed by atoms with Gasteiger partial charge < -0.3 is 9.64 Å². The average Bonchev–Trinajstić information content (AvgIpc) is 2.78. The molecule has 0 N–H and O–H groups in total. The molecule has 16 heavy (non-hydrogen) atoms. The number of anilines is 1. The summed E-state index contributed by atoms with van der Waals surface area (Å²) in [6, 6.07) is 0. The van der Waals surface area contributed by atoms with Gasteiger partial charge in [-0.3, -0.25) is 4.79 Å². The van der Waals surface area contributed by atoms with Gasteiger partial charge in [-0.25, -0.2) is 13.8 Å². The van der Waals surface area contributed by atoms with Crippen LogP contribution >= 0.6 is 11.3 Å². The average molecular weight is 248 g/mol. The Hall–Kier alpha value is -1.08. The molecular formula is C9H10F2N2O2S. The summed E-state index contributed by atoms with van der Waals surface area (Å²) in [7, 11) is 0. The number of morpholine rings is 1. The van der Waals surface area contributed by atoms with Crippen LogP contribution in [0.2, 0.25) is 0 Å². The summed E-state index contributed by atoms with van der Waals surface area (Å²) in [5, 5.41) is 0.604. The molecule has 88 valence electrons. The summed E-state index contributed by atoms with van der Waals surface area (Å²) in [5.41, 5.74) is 0. The lowest BCUT2D eigenvalue weighted by Gasteiger charge is -2.25. The summed E-state index contributed by atoms with van der Waals surface area (Å²) < 4.78 is 29.5. The Morgan fingerprint density at radius 3 is 2.81 bits per heavy atom. The number of carbonyl (C=O) groups is 1. The summed E-state index contributed by atoms with van der Waals surface area (Å²) in [6.07, 6.45) is -1.75. The lowest BCUT2D eigenvalue weighted by molar-refractivity contribution is 0.0683. The zero-order valence-corrected chi connectivity index (χ0v) is 9.17. The van der Waals surface area contributed by atoms with Crippen LogP contribution in [0.1, 0.15) is 9.67 Å². The highest BCUT2D eigenvalue weighted by atomic mass is 32.1. The maximum Gasteiger partial charge on any atom is 0.301 e. The topological polar surface area (TPSA) is 42.4 Å². The molecule has 2 rings (SSSR count). The number of carbonyl (C=O) groups excluding carboxylic acids is 1.